The summed E-state index contributed by atoms with van der Waals surface area (Å²) < 4.78 is 5.05. The second kappa shape index (κ2) is 12.0. The van der Waals surface area contributed by atoms with Gasteiger partial charge in [0.25, 0.3) is 11.8 Å². The largest absolute Gasteiger partial charge is 0.349 e. The molecule has 4 aliphatic heterocycles. The zero-order valence-corrected chi connectivity index (χ0v) is 30.0. The number of fused-ring (bicyclic) bond motifs is 12. The number of benzene rings is 4. The van der Waals surface area contributed by atoms with E-state index >= 15 is 0 Å². The number of para-hydroxylation sites is 4. The van der Waals surface area contributed by atoms with Gasteiger partial charge in [-0.2, -0.15) is 0 Å². The molecule has 6 aromatic rings. The fourth-order valence-corrected chi connectivity index (χ4v) is 9.99. The number of anilines is 2. The average molecular weight is 689 g/mol. The number of hydrogen-bond donors (Lipinski definition) is 0. The van der Waals surface area contributed by atoms with E-state index in [9.17, 15) is 9.59 Å². The molecule has 0 saturated heterocycles. The highest BCUT2D eigenvalue weighted by molar-refractivity contribution is 6.03. The van der Waals surface area contributed by atoms with E-state index in [1.165, 1.54) is 44.3 Å². The Hall–Kier alpha value is -5.50. The summed E-state index contributed by atoms with van der Waals surface area (Å²) in [7, 11) is 4.28. The van der Waals surface area contributed by atoms with Gasteiger partial charge >= 0.3 is 0 Å². The molecule has 0 spiro atoms. The molecular formula is C44H44N6O2. The van der Waals surface area contributed by atoms with Crippen molar-refractivity contribution in [1.82, 2.24) is 18.9 Å². The number of carbonyl (C=O) groups is 2. The first-order valence-corrected chi connectivity index (χ1v) is 19.0. The second-order valence-corrected chi connectivity index (χ2v) is 15.0. The van der Waals surface area contributed by atoms with Gasteiger partial charge in [-0.05, 0) is 73.2 Å². The number of aromatic nitrogens is 2. The van der Waals surface area contributed by atoms with Crippen molar-refractivity contribution in [1.29, 1.82) is 0 Å². The summed E-state index contributed by atoms with van der Waals surface area (Å²) in [6, 6.07) is 33.7. The Bertz CT molecular complexity index is 2240. The van der Waals surface area contributed by atoms with Gasteiger partial charge in [0.05, 0.1) is 33.9 Å². The maximum absolute atomic E-state index is 13.8. The Labute approximate surface area is 304 Å². The first-order chi connectivity index (χ1) is 25.5. The molecule has 6 heterocycles. The zero-order valence-electron chi connectivity index (χ0n) is 30.0. The smallest absolute Gasteiger partial charge is 0.257 e. The summed E-state index contributed by atoms with van der Waals surface area (Å²) in [6.07, 6.45) is 5.92. The highest BCUT2D eigenvalue weighted by Gasteiger charge is 2.44. The van der Waals surface area contributed by atoms with Crippen molar-refractivity contribution in [2.45, 2.75) is 63.9 Å². The van der Waals surface area contributed by atoms with E-state index in [1.807, 2.05) is 36.4 Å². The summed E-state index contributed by atoms with van der Waals surface area (Å²) >= 11 is 0. The molecule has 2 atom stereocenters. The average Bonchev–Trinajstić information content (AvgIpc) is 3.69. The highest BCUT2D eigenvalue weighted by atomic mass is 16.2. The molecular weight excluding hydrogens is 645 g/mol. The number of amides is 2. The van der Waals surface area contributed by atoms with Gasteiger partial charge in [0, 0.05) is 62.1 Å². The molecule has 52 heavy (non-hydrogen) atoms. The van der Waals surface area contributed by atoms with Gasteiger partial charge in [-0.3, -0.25) is 9.59 Å². The highest BCUT2D eigenvalue weighted by Crippen LogP contribution is 2.46. The Kier molecular flexibility index (Phi) is 7.24. The van der Waals surface area contributed by atoms with Crippen molar-refractivity contribution in [3.8, 4) is 0 Å². The van der Waals surface area contributed by atoms with Crippen LogP contribution in [0.3, 0.4) is 0 Å². The van der Waals surface area contributed by atoms with Crippen molar-refractivity contribution < 1.29 is 9.59 Å². The molecule has 4 aromatic carbocycles. The van der Waals surface area contributed by atoms with Gasteiger partial charge in [0.2, 0.25) is 0 Å². The normalized spacial score (nSPS) is 19.0. The molecule has 2 amide bonds. The number of aryl methyl sites for hydroxylation is 2. The predicted octanol–water partition coefficient (Wildman–Crippen LogP) is 8.15. The summed E-state index contributed by atoms with van der Waals surface area (Å²) in [5, 5.41) is 2.65. The zero-order chi connectivity index (χ0) is 35.1. The fourth-order valence-electron chi connectivity index (χ4n) is 9.99. The number of nitrogens with zero attached hydrogens (tertiary/aromatic N) is 6. The fraction of sp³-hybridized carbons (Fsp3) is 0.318. The summed E-state index contributed by atoms with van der Waals surface area (Å²) in [6.45, 7) is 3.32. The lowest BCUT2D eigenvalue weighted by molar-refractivity contribution is 0.0622. The molecule has 0 fully saturated rings. The molecule has 262 valence electrons. The van der Waals surface area contributed by atoms with Gasteiger partial charge in [0.1, 0.15) is 12.3 Å². The summed E-state index contributed by atoms with van der Waals surface area (Å²) in [5.41, 5.74) is 11.5. The van der Waals surface area contributed by atoms with Crippen LogP contribution in [-0.2, 0) is 25.9 Å². The van der Waals surface area contributed by atoms with Crippen molar-refractivity contribution in [3.63, 3.8) is 0 Å². The minimum absolute atomic E-state index is 0.108. The van der Waals surface area contributed by atoms with E-state index in [1.54, 1.807) is 0 Å². The second-order valence-electron chi connectivity index (χ2n) is 15.0. The van der Waals surface area contributed by atoms with E-state index in [0.717, 1.165) is 87.2 Å². The lowest BCUT2D eigenvalue weighted by Gasteiger charge is -2.46. The van der Waals surface area contributed by atoms with Gasteiger partial charge in [-0.15, -0.1) is 0 Å². The molecule has 0 bridgehead atoms. The van der Waals surface area contributed by atoms with E-state index in [-0.39, 0.29) is 24.1 Å². The first-order valence-electron chi connectivity index (χ1n) is 19.0. The minimum atomic E-state index is -0.108. The lowest BCUT2D eigenvalue weighted by atomic mass is 9.96. The first kappa shape index (κ1) is 31.3. The van der Waals surface area contributed by atoms with Crippen LogP contribution in [0.1, 0.15) is 81.2 Å². The SMILES string of the molecule is CN1c2ccccc2C(=O)N2CCc3c(n(CCCCCCn4c5c(c6ccccc64)CCN4C(=O)c6ccccc6N(C)[C@H]54)c4ccccc34)[C@H]21. The van der Waals surface area contributed by atoms with Gasteiger partial charge in [0.15, 0.2) is 0 Å². The van der Waals surface area contributed by atoms with Crippen molar-refractivity contribution >= 4 is 45.0 Å². The summed E-state index contributed by atoms with van der Waals surface area (Å²) in [4.78, 5) is 36.3. The van der Waals surface area contributed by atoms with E-state index in [4.69, 9.17) is 0 Å². The van der Waals surface area contributed by atoms with Crippen molar-refractivity contribution in [3.05, 3.63) is 131 Å². The minimum Gasteiger partial charge on any atom is -0.349 e. The molecule has 0 N–H and O–H groups in total. The Morgan fingerprint density at radius 2 is 0.923 bits per heavy atom. The van der Waals surface area contributed by atoms with Crippen LogP contribution in [0, 0.1) is 0 Å². The van der Waals surface area contributed by atoms with Gasteiger partial charge in [-0.1, -0.05) is 73.5 Å². The Morgan fingerprint density at radius 1 is 0.519 bits per heavy atom. The monoisotopic (exact) mass is 688 g/mol. The van der Waals surface area contributed by atoms with E-state index in [2.05, 4.69) is 103 Å². The molecule has 8 nitrogen and oxygen atoms in total. The third kappa shape index (κ3) is 4.45. The summed E-state index contributed by atoms with van der Waals surface area (Å²) in [5.74, 6) is 0.272. The molecule has 0 aliphatic carbocycles. The van der Waals surface area contributed by atoms with Crippen molar-refractivity contribution in [2.75, 3.05) is 37.0 Å². The lowest BCUT2D eigenvalue weighted by Crippen LogP contribution is -2.51. The Balaban J connectivity index is 0.900. The van der Waals surface area contributed by atoms with Crippen LogP contribution in [0.5, 0.6) is 0 Å². The van der Waals surface area contributed by atoms with E-state index in [0.29, 0.717) is 0 Å². The Morgan fingerprint density at radius 3 is 1.38 bits per heavy atom. The van der Waals surface area contributed by atoms with Crippen LogP contribution in [0.15, 0.2) is 97.1 Å². The van der Waals surface area contributed by atoms with Crippen LogP contribution in [0.25, 0.3) is 21.8 Å². The van der Waals surface area contributed by atoms with Gasteiger partial charge < -0.3 is 28.7 Å². The molecule has 0 saturated carbocycles. The van der Waals surface area contributed by atoms with Crippen molar-refractivity contribution in [2.24, 2.45) is 0 Å². The third-order valence-corrected chi connectivity index (χ3v) is 12.3. The van der Waals surface area contributed by atoms with E-state index < -0.39 is 0 Å². The quantitative estimate of drug-likeness (QED) is 0.159. The molecule has 2 aromatic heterocycles. The van der Waals surface area contributed by atoms with Gasteiger partial charge in [-0.25, -0.2) is 0 Å². The van der Waals surface area contributed by atoms with Crippen LogP contribution in [0.4, 0.5) is 11.4 Å². The number of hydrogen-bond acceptors (Lipinski definition) is 4. The maximum atomic E-state index is 13.8. The number of rotatable bonds is 7. The molecule has 10 rings (SSSR count). The standard InChI is InChI=1S/C44H44N6O2/c1-45-35-19-9-7-17-33(35)43(51)49-27-23-31-29-15-5-11-21-37(29)47(39(31)41(45)49)25-13-3-4-14-26-48-38-22-12-6-16-30(38)32-24-28-50-42(40(32)48)46(2)36-20-10-8-18-34(36)44(50)52/h5-12,15-22,41-42H,3-4,13-14,23-28H2,1-2H3/t41-,42-/m0/s1. The van der Waals surface area contributed by atoms with Crippen LogP contribution < -0.4 is 9.80 Å². The molecule has 0 radical (unpaired) electrons. The topological polar surface area (TPSA) is 57.0 Å². The molecule has 0 unspecified atom stereocenters. The van der Waals surface area contributed by atoms with Crippen LogP contribution in [0.2, 0.25) is 0 Å². The number of carbonyl (C=O) groups excluding carboxylic acids is 2. The maximum Gasteiger partial charge on any atom is 0.257 e. The third-order valence-electron chi connectivity index (χ3n) is 12.3. The number of unbranched alkanes of at least 4 members (excludes halogenated alkanes) is 3. The predicted molar refractivity (Wildman–Crippen MR) is 207 cm³/mol. The van der Waals surface area contributed by atoms with Crippen LogP contribution in [-0.4, -0.2) is 57.9 Å². The molecule has 4 aliphatic rings. The van der Waals surface area contributed by atoms with Crippen LogP contribution >= 0.6 is 0 Å². The molecule has 8 heteroatoms.